The average molecular weight is 359 g/mol. The Hall–Kier alpha value is -2.90. The minimum absolute atomic E-state index is 0.0189. The van der Waals surface area contributed by atoms with Gasteiger partial charge in [0.25, 0.3) is 5.69 Å². The molecule has 0 N–H and O–H groups in total. The van der Waals surface area contributed by atoms with Crippen molar-refractivity contribution in [3.8, 4) is 5.75 Å². The quantitative estimate of drug-likeness (QED) is 0.596. The molecule has 0 radical (unpaired) electrons. The zero-order valence-corrected chi connectivity index (χ0v) is 15.0. The maximum absolute atomic E-state index is 12.1. The lowest BCUT2D eigenvalue weighted by Crippen LogP contribution is -2.36. The third kappa shape index (κ3) is 4.01. The number of nitrogens with zero attached hydrogens (tertiary/aromatic N) is 3. The number of ether oxygens (including phenoxy) is 2. The molecule has 0 aliphatic carbocycles. The third-order valence-corrected chi connectivity index (χ3v) is 3.95. The van der Waals surface area contributed by atoms with Crippen LogP contribution in [0, 0.1) is 10.1 Å². The molecule has 0 fully saturated rings. The molecule has 2 aliphatic rings. The molecule has 0 aromatic heterocycles. The number of carbonyl (C=O) groups is 1. The molecule has 1 unspecified atom stereocenters. The molecule has 2 heterocycles. The summed E-state index contributed by atoms with van der Waals surface area (Å²) in [6, 6.07) is 4.35. The Bertz CT molecular complexity index is 795. The summed E-state index contributed by atoms with van der Waals surface area (Å²) in [6.45, 7) is 6.31. The number of fused-ring (bicyclic) bond motifs is 1. The van der Waals surface area contributed by atoms with Gasteiger partial charge in [-0.1, -0.05) is 6.08 Å². The van der Waals surface area contributed by atoms with Gasteiger partial charge in [0.15, 0.2) is 0 Å². The molecule has 0 saturated heterocycles. The normalized spacial score (nSPS) is 20.7. The first-order valence-electron chi connectivity index (χ1n) is 8.38. The number of rotatable bonds is 2. The van der Waals surface area contributed by atoms with Gasteiger partial charge in [0.2, 0.25) is 0 Å². The van der Waals surface area contributed by atoms with Crippen molar-refractivity contribution < 1.29 is 19.2 Å². The van der Waals surface area contributed by atoms with Gasteiger partial charge in [-0.15, -0.1) is 0 Å². The van der Waals surface area contributed by atoms with E-state index in [9.17, 15) is 14.9 Å². The molecular formula is C18H21N3O5. The number of non-ortho nitro benzene ring substituents is 1. The van der Waals surface area contributed by atoms with Gasteiger partial charge in [-0.25, -0.2) is 4.79 Å². The average Bonchev–Trinajstić information content (AvgIpc) is 3.02. The molecule has 8 nitrogen and oxygen atoms in total. The van der Waals surface area contributed by atoms with Crippen LogP contribution in [0.5, 0.6) is 5.75 Å². The molecule has 0 bridgehead atoms. The first-order chi connectivity index (χ1) is 12.2. The van der Waals surface area contributed by atoms with Crippen molar-refractivity contribution in [2.45, 2.75) is 38.8 Å². The van der Waals surface area contributed by atoms with E-state index < -0.39 is 16.6 Å². The van der Waals surface area contributed by atoms with Crippen LogP contribution in [0.3, 0.4) is 0 Å². The summed E-state index contributed by atoms with van der Waals surface area (Å²) in [7, 11) is 0. The molecule has 1 atom stereocenters. The number of carbonyl (C=O) groups excluding carboxylic acids is 1. The van der Waals surface area contributed by atoms with Crippen molar-refractivity contribution in [2.75, 3.05) is 13.2 Å². The largest absolute Gasteiger partial charge is 0.493 e. The van der Waals surface area contributed by atoms with Gasteiger partial charge in [-0.05, 0) is 32.4 Å². The molecule has 2 aliphatic heterocycles. The zero-order chi connectivity index (χ0) is 18.9. The van der Waals surface area contributed by atoms with Crippen LogP contribution in [0.15, 0.2) is 29.3 Å². The Kier molecular flexibility index (Phi) is 4.67. The Morgan fingerprint density at radius 3 is 2.92 bits per heavy atom. The van der Waals surface area contributed by atoms with E-state index in [4.69, 9.17) is 9.47 Å². The fourth-order valence-electron chi connectivity index (χ4n) is 2.82. The number of hydrogen-bond acceptors (Lipinski definition) is 6. The van der Waals surface area contributed by atoms with E-state index in [2.05, 4.69) is 4.99 Å². The number of nitro benzene ring substituents is 1. The van der Waals surface area contributed by atoms with Crippen LogP contribution in [-0.4, -0.2) is 47.0 Å². The van der Waals surface area contributed by atoms with Crippen molar-refractivity contribution in [1.29, 1.82) is 0 Å². The Labute approximate surface area is 151 Å². The minimum Gasteiger partial charge on any atom is -0.493 e. The van der Waals surface area contributed by atoms with Crippen LogP contribution < -0.4 is 4.74 Å². The van der Waals surface area contributed by atoms with Crippen molar-refractivity contribution in [2.24, 2.45) is 4.99 Å². The van der Waals surface area contributed by atoms with Crippen LogP contribution >= 0.6 is 0 Å². The van der Waals surface area contributed by atoms with Gasteiger partial charge >= 0.3 is 6.09 Å². The second-order valence-electron chi connectivity index (χ2n) is 7.19. The van der Waals surface area contributed by atoms with Crippen molar-refractivity contribution in [3.05, 3.63) is 40.0 Å². The lowest BCUT2D eigenvalue weighted by Gasteiger charge is -2.23. The lowest BCUT2D eigenvalue weighted by atomic mass is 9.97. The SMILES string of the molecule is CC(C)(C)OC(=O)N1C=NC(/C=C2\CCOc3ccc([N+](=O)[O-])cc32)C1. The van der Waals surface area contributed by atoms with Crippen LogP contribution in [0.4, 0.5) is 10.5 Å². The third-order valence-electron chi connectivity index (χ3n) is 3.95. The van der Waals surface area contributed by atoms with Crippen LogP contribution in [0.2, 0.25) is 0 Å². The van der Waals surface area contributed by atoms with E-state index in [-0.39, 0.29) is 11.7 Å². The maximum atomic E-state index is 12.1. The fraction of sp³-hybridized carbons (Fsp3) is 0.444. The molecule has 3 rings (SSSR count). The first kappa shape index (κ1) is 17.9. The number of benzene rings is 1. The van der Waals surface area contributed by atoms with Crippen LogP contribution in [0.1, 0.15) is 32.8 Å². The highest BCUT2D eigenvalue weighted by atomic mass is 16.6. The van der Waals surface area contributed by atoms with Crippen LogP contribution in [0.25, 0.3) is 5.57 Å². The molecule has 1 aromatic rings. The summed E-state index contributed by atoms with van der Waals surface area (Å²) in [6.07, 6.45) is 3.60. The highest BCUT2D eigenvalue weighted by molar-refractivity contribution is 5.84. The first-order valence-corrected chi connectivity index (χ1v) is 8.38. The summed E-state index contributed by atoms with van der Waals surface area (Å²) >= 11 is 0. The van der Waals surface area contributed by atoms with Gasteiger partial charge in [0.05, 0.1) is 30.5 Å². The predicted molar refractivity (Wildman–Crippen MR) is 96.4 cm³/mol. The predicted octanol–water partition coefficient (Wildman–Crippen LogP) is 3.41. The van der Waals surface area contributed by atoms with E-state index in [1.165, 1.54) is 23.4 Å². The monoisotopic (exact) mass is 359 g/mol. The molecule has 0 spiro atoms. The van der Waals surface area contributed by atoms with E-state index >= 15 is 0 Å². The van der Waals surface area contributed by atoms with Gasteiger partial charge in [-0.3, -0.25) is 20.0 Å². The molecule has 0 saturated carbocycles. The highest BCUT2D eigenvalue weighted by Crippen LogP contribution is 2.36. The molecular weight excluding hydrogens is 338 g/mol. The van der Waals surface area contributed by atoms with Gasteiger partial charge in [0.1, 0.15) is 11.4 Å². The van der Waals surface area contributed by atoms with E-state index in [1.807, 2.05) is 26.8 Å². The molecule has 26 heavy (non-hydrogen) atoms. The second kappa shape index (κ2) is 6.78. The summed E-state index contributed by atoms with van der Waals surface area (Å²) in [5.41, 5.74) is 1.09. The highest BCUT2D eigenvalue weighted by Gasteiger charge is 2.27. The topological polar surface area (TPSA) is 94.3 Å². The fourth-order valence-corrected chi connectivity index (χ4v) is 2.82. The van der Waals surface area contributed by atoms with E-state index in [0.29, 0.717) is 30.9 Å². The zero-order valence-electron chi connectivity index (χ0n) is 15.0. The van der Waals surface area contributed by atoms with E-state index in [1.54, 1.807) is 6.07 Å². The van der Waals surface area contributed by atoms with Gasteiger partial charge in [-0.2, -0.15) is 0 Å². The molecule has 1 aromatic carbocycles. The minimum atomic E-state index is -0.569. The second-order valence-corrected chi connectivity index (χ2v) is 7.19. The van der Waals surface area contributed by atoms with Crippen molar-refractivity contribution in [1.82, 2.24) is 4.90 Å². The number of amides is 1. The summed E-state index contributed by atoms with van der Waals surface area (Å²) in [5.74, 6) is 0.624. The Balaban J connectivity index is 1.77. The molecule has 138 valence electrons. The standard InChI is InChI=1S/C18H21N3O5/c1-18(2,3)26-17(22)20-10-13(19-11-20)8-12-6-7-25-16-5-4-14(21(23)24)9-15(12)16/h4-5,8-9,11,13H,6-7,10H2,1-3H3/b12-8+. The van der Waals surface area contributed by atoms with Gasteiger partial charge < -0.3 is 9.47 Å². The smallest absolute Gasteiger partial charge is 0.415 e. The Morgan fingerprint density at radius 1 is 1.46 bits per heavy atom. The molecule has 8 heteroatoms. The number of nitro groups is 1. The Morgan fingerprint density at radius 2 is 2.23 bits per heavy atom. The number of aliphatic imine (C=N–C) groups is 1. The number of hydrogen-bond donors (Lipinski definition) is 0. The van der Waals surface area contributed by atoms with Crippen molar-refractivity contribution >= 4 is 23.7 Å². The summed E-state index contributed by atoms with van der Waals surface area (Å²) in [4.78, 5) is 28.5. The van der Waals surface area contributed by atoms with Crippen LogP contribution in [-0.2, 0) is 4.74 Å². The van der Waals surface area contributed by atoms with Gasteiger partial charge in [0, 0.05) is 24.1 Å². The van der Waals surface area contributed by atoms with Crippen molar-refractivity contribution in [3.63, 3.8) is 0 Å². The maximum Gasteiger partial charge on any atom is 0.415 e. The summed E-state index contributed by atoms with van der Waals surface area (Å²) in [5, 5.41) is 11.0. The van der Waals surface area contributed by atoms with E-state index in [0.717, 1.165) is 5.57 Å². The summed E-state index contributed by atoms with van der Waals surface area (Å²) < 4.78 is 10.9. The lowest BCUT2D eigenvalue weighted by molar-refractivity contribution is -0.384. The molecule has 1 amide bonds.